The van der Waals surface area contributed by atoms with Gasteiger partial charge < -0.3 is 15.5 Å². The second kappa shape index (κ2) is 8.54. The number of aromatic nitrogens is 2. The lowest BCUT2D eigenvalue weighted by Crippen LogP contribution is -2.54. The number of nitrogens with zero attached hydrogens (tertiary/aromatic N) is 5. The Morgan fingerprint density at radius 2 is 1.79 bits per heavy atom. The van der Waals surface area contributed by atoms with Crippen LogP contribution in [-0.2, 0) is 10.3 Å². The molecule has 1 spiro atoms. The molecule has 0 atom stereocenters. The molecular weight excluding hydrogens is 430 g/mol. The van der Waals surface area contributed by atoms with E-state index >= 15 is 0 Å². The van der Waals surface area contributed by atoms with Crippen molar-refractivity contribution in [3.8, 4) is 0 Å². The molecule has 2 N–H and O–H groups in total. The van der Waals surface area contributed by atoms with Gasteiger partial charge >= 0.3 is 6.03 Å². The van der Waals surface area contributed by atoms with Crippen LogP contribution in [0.3, 0.4) is 0 Å². The molecule has 1 aliphatic carbocycles. The maximum absolute atomic E-state index is 13.1. The molecule has 34 heavy (non-hydrogen) atoms. The molecule has 2 aromatic rings. The van der Waals surface area contributed by atoms with Gasteiger partial charge in [-0.25, -0.2) is 14.8 Å². The number of aryl methyl sites for hydroxylation is 1. The molecule has 9 nitrogen and oxygen atoms in total. The van der Waals surface area contributed by atoms with Gasteiger partial charge in [0.15, 0.2) is 0 Å². The SMILES string of the molecule is Cc1nc(N2CCNC(=O)C2)ncc1N1C[C@]2(CC[C@](c3ccccc3)(N(C)C)CC2)NC1=O. The molecule has 3 heterocycles. The second-order valence-electron chi connectivity index (χ2n) is 10.0. The largest absolute Gasteiger partial charge is 0.353 e. The normalized spacial score (nSPS) is 27.3. The molecule has 3 aliphatic rings. The molecule has 180 valence electrons. The Kier molecular flexibility index (Phi) is 5.67. The van der Waals surface area contributed by atoms with Gasteiger partial charge in [0.05, 0.1) is 36.2 Å². The Hall–Kier alpha value is -3.20. The fraction of sp³-hybridized carbons (Fsp3) is 0.520. The predicted octanol–water partition coefficient (Wildman–Crippen LogP) is 2.02. The summed E-state index contributed by atoms with van der Waals surface area (Å²) >= 11 is 0. The lowest BCUT2D eigenvalue weighted by atomic mass is 9.69. The minimum absolute atomic E-state index is 0.0218. The van der Waals surface area contributed by atoms with Crippen molar-refractivity contribution in [2.45, 2.75) is 43.7 Å². The van der Waals surface area contributed by atoms with Crippen molar-refractivity contribution in [1.82, 2.24) is 25.5 Å². The van der Waals surface area contributed by atoms with Crippen molar-refractivity contribution < 1.29 is 9.59 Å². The number of anilines is 2. The van der Waals surface area contributed by atoms with Gasteiger partial charge in [-0.1, -0.05) is 30.3 Å². The number of benzene rings is 1. The zero-order valence-corrected chi connectivity index (χ0v) is 20.2. The van der Waals surface area contributed by atoms with E-state index in [2.05, 4.69) is 69.9 Å². The number of hydrogen-bond donors (Lipinski definition) is 2. The lowest BCUT2D eigenvalue weighted by molar-refractivity contribution is -0.120. The maximum Gasteiger partial charge on any atom is 0.322 e. The molecule has 5 rings (SSSR count). The summed E-state index contributed by atoms with van der Waals surface area (Å²) in [6, 6.07) is 10.6. The van der Waals surface area contributed by atoms with Gasteiger partial charge in [-0.3, -0.25) is 14.6 Å². The molecule has 2 aliphatic heterocycles. The van der Waals surface area contributed by atoms with Crippen LogP contribution in [-0.4, -0.2) is 72.6 Å². The van der Waals surface area contributed by atoms with Crippen LogP contribution in [0.15, 0.2) is 36.5 Å². The number of amides is 3. The monoisotopic (exact) mass is 463 g/mol. The van der Waals surface area contributed by atoms with E-state index in [9.17, 15) is 9.59 Å². The van der Waals surface area contributed by atoms with E-state index < -0.39 is 0 Å². The van der Waals surface area contributed by atoms with Gasteiger partial charge in [-0.15, -0.1) is 0 Å². The summed E-state index contributed by atoms with van der Waals surface area (Å²) < 4.78 is 0. The molecule has 9 heteroatoms. The fourth-order valence-electron chi connectivity index (χ4n) is 5.75. The molecule has 3 fully saturated rings. The van der Waals surface area contributed by atoms with E-state index in [0.717, 1.165) is 37.1 Å². The fourth-order valence-corrected chi connectivity index (χ4v) is 5.75. The molecule has 3 amide bonds. The molecular formula is C25H33N7O2. The van der Waals surface area contributed by atoms with Crippen LogP contribution >= 0.6 is 0 Å². The highest BCUT2D eigenvalue weighted by Gasteiger charge is 2.50. The Morgan fingerprint density at radius 1 is 1.06 bits per heavy atom. The first-order chi connectivity index (χ1) is 16.3. The minimum Gasteiger partial charge on any atom is -0.353 e. The first-order valence-electron chi connectivity index (χ1n) is 12.0. The summed E-state index contributed by atoms with van der Waals surface area (Å²) in [7, 11) is 4.30. The third-order valence-corrected chi connectivity index (χ3v) is 7.83. The highest BCUT2D eigenvalue weighted by atomic mass is 16.2. The number of hydrogen-bond acceptors (Lipinski definition) is 6. The average Bonchev–Trinajstić information content (AvgIpc) is 3.15. The minimum atomic E-state index is -0.249. The van der Waals surface area contributed by atoms with Crippen molar-refractivity contribution in [1.29, 1.82) is 0 Å². The molecule has 1 aromatic carbocycles. The van der Waals surface area contributed by atoms with Crippen LogP contribution in [0.1, 0.15) is 36.9 Å². The number of piperazine rings is 1. The van der Waals surface area contributed by atoms with Crippen LogP contribution in [0.5, 0.6) is 0 Å². The number of urea groups is 1. The Morgan fingerprint density at radius 3 is 2.44 bits per heavy atom. The summed E-state index contributed by atoms with van der Waals surface area (Å²) in [5.74, 6) is 0.501. The van der Waals surface area contributed by atoms with Crippen molar-refractivity contribution in [2.75, 3.05) is 50.1 Å². The van der Waals surface area contributed by atoms with Crippen molar-refractivity contribution >= 4 is 23.6 Å². The van der Waals surface area contributed by atoms with Gasteiger partial charge in [0.1, 0.15) is 0 Å². The van der Waals surface area contributed by atoms with Crippen LogP contribution in [0, 0.1) is 6.92 Å². The number of nitrogens with one attached hydrogen (secondary N) is 2. The summed E-state index contributed by atoms with van der Waals surface area (Å²) in [6.07, 6.45) is 5.49. The maximum atomic E-state index is 13.1. The number of rotatable bonds is 4. The van der Waals surface area contributed by atoms with E-state index in [4.69, 9.17) is 0 Å². The van der Waals surface area contributed by atoms with Crippen LogP contribution in [0.25, 0.3) is 0 Å². The first-order valence-corrected chi connectivity index (χ1v) is 12.0. The standard InChI is InChI=1S/C25H33N7O2/c1-18-20(15-27-22(28-18)31-14-13-26-21(33)16-31)32-17-24(29-23(32)34)9-11-25(12-10-24,30(2)3)19-7-5-4-6-8-19/h4-8,15H,9-14,16-17H2,1-3H3,(H,26,33)(H,29,34)/t24-,25+. The van der Waals surface area contributed by atoms with E-state index in [0.29, 0.717) is 25.6 Å². The van der Waals surface area contributed by atoms with Crippen LogP contribution < -0.4 is 20.4 Å². The summed E-state index contributed by atoms with van der Waals surface area (Å²) in [5.41, 5.74) is 2.54. The van der Waals surface area contributed by atoms with Gasteiger partial charge in [0, 0.05) is 18.6 Å². The number of carbonyl (C=O) groups excluding carboxylic acids is 2. The molecule has 0 unspecified atom stereocenters. The van der Waals surface area contributed by atoms with Crippen LogP contribution in [0.2, 0.25) is 0 Å². The highest BCUT2D eigenvalue weighted by molar-refractivity contribution is 5.95. The molecule has 1 aromatic heterocycles. The van der Waals surface area contributed by atoms with Gasteiger partial charge in [0.2, 0.25) is 11.9 Å². The molecule has 1 saturated carbocycles. The number of carbonyl (C=O) groups is 2. The zero-order chi connectivity index (χ0) is 23.9. The van der Waals surface area contributed by atoms with E-state index in [1.54, 1.807) is 11.1 Å². The summed E-state index contributed by atoms with van der Waals surface area (Å²) in [4.78, 5) is 39.9. The first kappa shape index (κ1) is 22.6. The third-order valence-electron chi connectivity index (χ3n) is 7.83. The van der Waals surface area contributed by atoms with Crippen molar-refractivity contribution in [3.63, 3.8) is 0 Å². The average molecular weight is 464 g/mol. The van der Waals surface area contributed by atoms with Gasteiger partial charge in [-0.05, 0) is 52.3 Å². The lowest BCUT2D eigenvalue weighted by Gasteiger charge is -2.48. The Balaban J connectivity index is 1.33. The van der Waals surface area contributed by atoms with Crippen LogP contribution in [0.4, 0.5) is 16.4 Å². The summed E-state index contributed by atoms with van der Waals surface area (Å²) in [5, 5.41) is 6.12. The smallest absolute Gasteiger partial charge is 0.322 e. The quantitative estimate of drug-likeness (QED) is 0.721. The summed E-state index contributed by atoms with van der Waals surface area (Å²) in [6.45, 7) is 4.02. The van der Waals surface area contributed by atoms with Crippen molar-refractivity contribution in [2.24, 2.45) is 0 Å². The molecule has 0 radical (unpaired) electrons. The van der Waals surface area contributed by atoms with Gasteiger partial charge in [0.25, 0.3) is 0 Å². The van der Waals surface area contributed by atoms with E-state index in [1.807, 2.05) is 11.8 Å². The zero-order valence-electron chi connectivity index (χ0n) is 20.2. The topological polar surface area (TPSA) is 93.7 Å². The molecule has 0 bridgehead atoms. The van der Waals surface area contributed by atoms with E-state index in [1.165, 1.54) is 5.56 Å². The van der Waals surface area contributed by atoms with E-state index in [-0.39, 0.29) is 29.6 Å². The molecule has 2 saturated heterocycles. The second-order valence-corrected chi connectivity index (χ2v) is 10.0. The third kappa shape index (κ3) is 3.87. The highest BCUT2D eigenvalue weighted by Crippen LogP contribution is 2.46. The Labute approximate surface area is 200 Å². The van der Waals surface area contributed by atoms with Crippen molar-refractivity contribution in [3.05, 3.63) is 47.8 Å². The predicted molar refractivity (Wildman–Crippen MR) is 131 cm³/mol. The van der Waals surface area contributed by atoms with Gasteiger partial charge in [-0.2, -0.15) is 0 Å². The Bertz CT molecular complexity index is 1080.